The Morgan fingerprint density at radius 1 is 1.29 bits per heavy atom. The number of nitrogens with one attached hydrogen (secondary N) is 1. The fourth-order valence-corrected chi connectivity index (χ4v) is 2.42. The van der Waals surface area contributed by atoms with Crippen molar-refractivity contribution in [2.24, 2.45) is 11.7 Å². The molecule has 2 rings (SSSR count). The minimum absolute atomic E-state index is 0.0447. The van der Waals surface area contributed by atoms with Crippen LogP contribution in [0.1, 0.15) is 19.4 Å². The molecule has 0 radical (unpaired) electrons. The number of rotatable bonds is 5. The van der Waals surface area contributed by atoms with Crippen LogP contribution in [0.4, 0.5) is 4.79 Å². The number of benzene rings is 1. The van der Waals surface area contributed by atoms with Gasteiger partial charge in [0.05, 0.1) is 0 Å². The van der Waals surface area contributed by atoms with Crippen LogP contribution >= 0.6 is 0 Å². The Kier molecular flexibility index (Phi) is 4.26. The number of amides is 4. The SMILES string of the molecule is CC(C)[C@@H]1NC(=O)N([C@@H](Cc2ccccc2)C(N)=O)C1=O. The number of nitrogens with two attached hydrogens (primary N) is 1. The molecule has 6 nitrogen and oxygen atoms in total. The predicted octanol–water partition coefficient (Wildman–Crippen LogP) is 0.659. The third-order valence-corrected chi connectivity index (χ3v) is 3.58. The van der Waals surface area contributed by atoms with Crippen molar-refractivity contribution in [1.29, 1.82) is 0 Å². The summed E-state index contributed by atoms with van der Waals surface area (Å²) in [6.45, 7) is 3.67. The molecule has 1 aromatic carbocycles. The van der Waals surface area contributed by atoms with E-state index in [1.165, 1.54) is 0 Å². The summed E-state index contributed by atoms with van der Waals surface area (Å²) < 4.78 is 0. The number of primary amides is 1. The average Bonchev–Trinajstić information content (AvgIpc) is 2.73. The zero-order valence-corrected chi connectivity index (χ0v) is 12.1. The van der Waals surface area contributed by atoms with Crippen LogP contribution in [-0.4, -0.2) is 34.8 Å². The molecular formula is C15H19N3O3. The molecule has 1 saturated heterocycles. The lowest BCUT2D eigenvalue weighted by Gasteiger charge is -2.23. The summed E-state index contributed by atoms with van der Waals surface area (Å²) in [6.07, 6.45) is 0.222. The zero-order chi connectivity index (χ0) is 15.6. The number of urea groups is 1. The second-order valence-electron chi connectivity index (χ2n) is 5.49. The van der Waals surface area contributed by atoms with E-state index in [9.17, 15) is 14.4 Å². The van der Waals surface area contributed by atoms with Gasteiger partial charge in [-0.1, -0.05) is 44.2 Å². The van der Waals surface area contributed by atoms with Crippen molar-refractivity contribution >= 4 is 17.8 Å². The second kappa shape index (κ2) is 5.95. The maximum absolute atomic E-state index is 12.3. The maximum atomic E-state index is 12.3. The van der Waals surface area contributed by atoms with E-state index in [2.05, 4.69) is 5.32 Å². The Labute approximate surface area is 123 Å². The van der Waals surface area contributed by atoms with Crippen molar-refractivity contribution in [3.05, 3.63) is 35.9 Å². The third-order valence-electron chi connectivity index (χ3n) is 3.58. The van der Waals surface area contributed by atoms with Gasteiger partial charge in [-0.05, 0) is 11.5 Å². The number of carbonyl (C=O) groups is 3. The molecule has 0 aromatic heterocycles. The van der Waals surface area contributed by atoms with Crippen LogP contribution in [-0.2, 0) is 16.0 Å². The van der Waals surface area contributed by atoms with Crippen LogP contribution in [0.2, 0.25) is 0 Å². The first kappa shape index (κ1) is 15.0. The standard InChI is InChI=1S/C15H19N3O3/c1-9(2)12-14(20)18(15(21)17-12)11(13(16)19)8-10-6-4-3-5-7-10/h3-7,9,11-12H,8H2,1-2H3,(H2,16,19)(H,17,21)/t11-,12-/m0/s1. The Bertz CT molecular complexity index is 557. The summed E-state index contributed by atoms with van der Waals surface area (Å²) in [7, 11) is 0. The predicted molar refractivity (Wildman–Crippen MR) is 77.1 cm³/mol. The van der Waals surface area contributed by atoms with Gasteiger partial charge in [0, 0.05) is 6.42 Å². The van der Waals surface area contributed by atoms with Gasteiger partial charge < -0.3 is 11.1 Å². The molecule has 1 heterocycles. The molecule has 2 atom stereocenters. The van der Waals surface area contributed by atoms with Gasteiger partial charge >= 0.3 is 6.03 Å². The summed E-state index contributed by atoms with van der Waals surface area (Å²) >= 11 is 0. The Hall–Kier alpha value is -2.37. The highest BCUT2D eigenvalue weighted by Gasteiger charge is 2.44. The van der Waals surface area contributed by atoms with Crippen molar-refractivity contribution in [1.82, 2.24) is 10.2 Å². The van der Waals surface area contributed by atoms with Crippen LogP contribution < -0.4 is 11.1 Å². The summed E-state index contributed by atoms with van der Waals surface area (Å²) in [5, 5.41) is 2.60. The maximum Gasteiger partial charge on any atom is 0.325 e. The van der Waals surface area contributed by atoms with Crippen LogP contribution in [0, 0.1) is 5.92 Å². The highest BCUT2D eigenvalue weighted by atomic mass is 16.2. The molecule has 1 aliphatic heterocycles. The van der Waals surface area contributed by atoms with E-state index in [1.54, 1.807) is 0 Å². The highest BCUT2D eigenvalue weighted by molar-refractivity contribution is 6.07. The number of hydrogen-bond donors (Lipinski definition) is 2. The fraction of sp³-hybridized carbons (Fsp3) is 0.400. The van der Waals surface area contributed by atoms with Gasteiger partial charge in [0.25, 0.3) is 5.91 Å². The van der Waals surface area contributed by atoms with Gasteiger partial charge in [-0.2, -0.15) is 0 Å². The average molecular weight is 289 g/mol. The first-order valence-electron chi connectivity index (χ1n) is 6.88. The van der Waals surface area contributed by atoms with Crippen molar-refractivity contribution in [3.8, 4) is 0 Å². The van der Waals surface area contributed by atoms with Gasteiger partial charge in [-0.15, -0.1) is 0 Å². The topological polar surface area (TPSA) is 92.5 Å². The van der Waals surface area contributed by atoms with Crippen molar-refractivity contribution in [2.75, 3.05) is 0 Å². The van der Waals surface area contributed by atoms with Crippen molar-refractivity contribution in [2.45, 2.75) is 32.4 Å². The fourth-order valence-electron chi connectivity index (χ4n) is 2.42. The van der Waals surface area contributed by atoms with Gasteiger partial charge in [0.1, 0.15) is 12.1 Å². The lowest BCUT2D eigenvalue weighted by molar-refractivity contribution is -0.135. The molecule has 112 valence electrons. The minimum atomic E-state index is -0.969. The van der Waals surface area contributed by atoms with Crippen molar-refractivity contribution in [3.63, 3.8) is 0 Å². The van der Waals surface area contributed by atoms with Gasteiger partial charge in [-0.25, -0.2) is 9.69 Å². The summed E-state index contributed by atoms with van der Waals surface area (Å²) in [4.78, 5) is 37.0. The van der Waals surface area contributed by atoms with E-state index in [-0.39, 0.29) is 12.3 Å². The van der Waals surface area contributed by atoms with Gasteiger partial charge in [-0.3, -0.25) is 9.59 Å². The second-order valence-corrected chi connectivity index (χ2v) is 5.49. The number of imide groups is 1. The molecule has 0 spiro atoms. The molecule has 0 unspecified atom stereocenters. The molecule has 4 amide bonds. The minimum Gasteiger partial charge on any atom is -0.368 e. The zero-order valence-electron chi connectivity index (χ0n) is 12.1. The smallest absolute Gasteiger partial charge is 0.325 e. The first-order valence-corrected chi connectivity index (χ1v) is 6.88. The molecule has 0 aliphatic carbocycles. The molecule has 1 aliphatic rings. The largest absolute Gasteiger partial charge is 0.368 e. The summed E-state index contributed by atoms with van der Waals surface area (Å²) in [6, 6.07) is 7.04. The monoisotopic (exact) mass is 289 g/mol. The highest BCUT2D eigenvalue weighted by Crippen LogP contribution is 2.19. The molecule has 1 fully saturated rings. The Morgan fingerprint density at radius 3 is 2.38 bits per heavy atom. The van der Waals surface area contributed by atoms with E-state index < -0.39 is 29.9 Å². The summed E-state index contributed by atoms with van der Waals surface area (Å²) in [5.74, 6) is -1.13. The lowest BCUT2D eigenvalue weighted by atomic mass is 10.0. The quantitative estimate of drug-likeness (QED) is 0.780. The summed E-state index contributed by atoms with van der Waals surface area (Å²) in [5.41, 5.74) is 6.24. The lowest BCUT2D eigenvalue weighted by Crippen LogP contribution is -2.49. The van der Waals surface area contributed by atoms with E-state index >= 15 is 0 Å². The van der Waals surface area contributed by atoms with Crippen LogP contribution in [0.15, 0.2) is 30.3 Å². The van der Waals surface area contributed by atoms with Crippen LogP contribution in [0.3, 0.4) is 0 Å². The Morgan fingerprint density at radius 2 is 1.90 bits per heavy atom. The molecule has 3 N–H and O–H groups in total. The van der Waals surface area contributed by atoms with Crippen LogP contribution in [0.25, 0.3) is 0 Å². The third kappa shape index (κ3) is 3.04. The number of carbonyl (C=O) groups excluding carboxylic acids is 3. The molecule has 0 bridgehead atoms. The van der Waals surface area contributed by atoms with Crippen molar-refractivity contribution < 1.29 is 14.4 Å². The van der Waals surface area contributed by atoms with Gasteiger partial charge in [0.2, 0.25) is 5.91 Å². The molecule has 1 aromatic rings. The number of nitrogens with zero attached hydrogens (tertiary/aromatic N) is 1. The first-order chi connectivity index (χ1) is 9.91. The molecule has 0 saturated carbocycles. The van der Waals surface area contributed by atoms with Crippen LogP contribution in [0.5, 0.6) is 0 Å². The van der Waals surface area contributed by atoms with E-state index in [0.29, 0.717) is 0 Å². The van der Waals surface area contributed by atoms with E-state index in [1.807, 2.05) is 44.2 Å². The number of hydrogen-bond acceptors (Lipinski definition) is 3. The molecular weight excluding hydrogens is 270 g/mol. The van der Waals surface area contributed by atoms with Gasteiger partial charge in [0.15, 0.2) is 0 Å². The van der Waals surface area contributed by atoms with E-state index in [4.69, 9.17) is 5.73 Å². The molecule has 21 heavy (non-hydrogen) atoms. The normalized spacial score (nSPS) is 19.8. The molecule has 6 heteroatoms. The Balaban J connectivity index is 2.24. The van der Waals surface area contributed by atoms with E-state index in [0.717, 1.165) is 10.5 Å².